The summed E-state index contributed by atoms with van der Waals surface area (Å²) in [4.78, 5) is 33.8. The highest BCUT2D eigenvalue weighted by Gasteiger charge is 2.44. The van der Waals surface area contributed by atoms with Gasteiger partial charge in [-0.05, 0) is 69.9 Å². The molecule has 2 aromatic heterocycles. The molecule has 2 aliphatic rings. The molecular weight excluding hydrogens is 396 g/mol. The number of aromatic nitrogens is 2. The number of rotatable bonds is 6. The van der Waals surface area contributed by atoms with Crippen LogP contribution in [0, 0.1) is 25.7 Å². The van der Waals surface area contributed by atoms with E-state index < -0.39 is 0 Å². The second kappa shape index (κ2) is 8.84. The molecule has 160 valence electrons. The van der Waals surface area contributed by atoms with E-state index in [9.17, 15) is 9.59 Å². The van der Waals surface area contributed by atoms with E-state index in [4.69, 9.17) is 0 Å². The van der Waals surface area contributed by atoms with Crippen molar-refractivity contribution in [2.24, 2.45) is 11.8 Å². The zero-order valence-electron chi connectivity index (χ0n) is 17.7. The lowest BCUT2D eigenvalue weighted by molar-refractivity contribution is 0.0586. The molecule has 2 bridgehead atoms. The largest absolute Gasteiger partial charge is 0.351 e. The van der Waals surface area contributed by atoms with E-state index in [2.05, 4.69) is 20.6 Å². The third-order valence-corrected chi connectivity index (χ3v) is 7.26. The first kappa shape index (κ1) is 21.0. The smallest absolute Gasteiger partial charge is 0.271 e. The molecule has 0 saturated heterocycles. The van der Waals surface area contributed by atoms with Crippen LogP contribution in [0.5, 0.6) is 0 Å². The van der Waals surface area contributed by atoms with E-state index in [-0.39, 0.29) is 17.4 Å². The Labute approximate surface area is 181 Å². The van der Waals surface area contributed by atoms with Crippen molar-refractivity contribution >= 4 is 23.2 Å². The van der Waals surface area contributed by atoms with E-state index in [1.165, 1.54) is 30.6 Å². The average molecular weight is 427 g/mol. The standard InChI is InChI=1S/C23H30N4O2S/c1-15-5-3-7-19(25-15)21(28)24-10-8-18-11-17-6-4-9-23(12-17,13-18)27-22(29)20-14-30-16(2)26-20/h3,5,7,14,17-18H,4,6,8-13H2,1-2H3,(H,24,28)(H,27,29). The molecular formula is C23H30N4O2S. The van der Waals surface area contributed by atoms with Crippen LogP contribution in [0.4, 0.5) is 0 Å². The van der Waals surface area contributed by atoms with Gasteiger partial charge in [-0.3, -0.25) is 9.59 Å². The molecule has 2 N–H and O–H groups in total. The van der Waals surface area contributed by atoms with E-state index in [0.29, 0.717) is 29.8 Å². The van der Waals surface area contributed by atoms with Crippen LogP contribution < -0.4 is 10.6 Å². The third-order valence-electron chi connectivity index (χ3n) is 6.48. The van der Waals surface area contributed by atoms with Gasteiger partial charge in [0.2, 0.25) is 0 Å². The number of amides is 2. The van der Waals surface area contributed by atoms with Gasteiger partial charge < -0.3 is 10.6 Å². The number of carbonyl (C=O) groups is 2. The number of thiazole rings is 1. The predicted molar refractivity (Wildman–Crippen MR) is 118 cm³/mol. The third kappa shape index (κ3) is 4.89. The molecule has 2 aromatic rings. The molecule has 30 heavy (non-hydrogen) atoms. The molecule has 0 aliphatic heterocycles. The molecule has 2 heterocycles. The van der Waals surface area contributed by atoms with Crippen LogP contribution >= 0.6 is 11.3 Å². The molecule has 2 saturated carbocycles. The summed E-state index contributed by atoms with van der Waals surface area (Å²) in [5.41, 5.74) is 1.73. The minimum atomic E-state index is -0.122. The lowest BCUT2D eigenvalue weighted by Crippen LogP contribution is -2.55. The number of hydrogen-bond donors (Lipinski definition) is 2. The summed E-state index contributed by atoms with van der Waals surface area (Å²) in [5, 5.41) is 9.15. The second-order valence-electron chi connectivity index (χ2n) is 8.96. The first-order valence-electron chi connectivity index (χ1n) is 10.9. The lowest BCUT2D eigenvalue weighted by atomic mass is 9.63. The number of aryl methyl sites for hydroxylation is 2. The predicted octanol–water partition coefficient (Wildman–Crippen LogP) is 4.04. The molecule has 6 nitrogen and oxygen atoms in total. The van der Waals surface area contributed by atoms with E-state index in [1.54, 1.807) is 6.07 Å². The Morgan fingerprint density at radius 1 is 1.17 bits per heavy atom. The molecule has 2 fully saturated rings. The van der Waals surface area contributed by atoms with Gasteiger partial charge in [0.05, 0.1) is 5.01 Å². The maximum Gasteiger partial charge on any atom is 0.271 e. The summed E-state index contributed by atoms with van der Waals surface area (Å²) in [6, 6.07) is 5.49. The van der Waals surface area contributed by atoms with Gasteiger partial charge in [-0.2, -0.15) is 0 Å². The van der Waals surface area contributed by atoms with E-state index in [0.717, 1.165) is 36.4 Å². The van der Waals surface area contributed by atoms with Gasteiger partial charge >= 0.3 is 0 Å². The molecule has 0 spiro atoms. The lowest BCUT2D eigenvalue weighted by Gasteiger charge is -2.48. The number of fused-ring (bicyclic) bond motifs is 2. The number of carbonyl (C=O) groups excluding carboxylic acids is 2. The van der Waals surface area contributed by atoms with E-state index in [1.807, 2.05) is 31.4 Å². The van der Waals surface area contributed by atoms with Gasteiger partial charge in [-0.15, -0.1) is 11.3 Å². The van der Waals surface area contributed by atoms with Gasteiger partial charge in [-0.1, -0.05) is 18.9 Å². The van der Waals surface area contributed by atoms with E-state index >= 15 is 0 Å². The van der Waals surface area contributed by atoms with Crippen molar-refractivity contribution in [3.8, 4) is 0 Å². The fraction of sp³-hybridized carbons (Fsp3) is 0.565. The topological polar surface area (TPSA) is 84.0 Å². The summed E-state index contributed by atoms with van der Waals surface area (Å²) in [5.74, 6) is 1.01. The first-order chi connectivity index (χ1) is 14.4. The minimum absolute atomic E-state index is 0.0422. The summed E-state index contributed by atoms with van der Waals surface area (Å²) in [6.45, 7) is 4.45. The molecule has 2 aliphatic carbocycles. The molecule has 3 unspecified atom stereocenters. The Bertz CT molecular complexity index is 927. The molecule has 7 heteroatoms. The van der Waals surface area contributed by atoms with Gasteiger partial charge in [0.1, 0.15) is 11.4 Å². The number of pyridine rings is 1. The van der Waals surface area contributed by atoms with Crippen molar-refractivity contribution in [2.75, 3.05) is 6.54 Å². The monoisotopic (exact) mass is 426 g/mol. The van der Waals surface area contributed by atoms with Gasteiger partial charge in [-0.25, -0.2) is 9.97 Å². The fourth-order valence-electron chi connectivity index (χ4n) is 5.29. The first-order valence-corrected chi connectivity index (χ1v) is 11.8. The Morgan fingerprint density at radius 2 is 2.03 bits per heavy atom. The van der Waals surface area contributed by atoms with Crippen molar-refractivity contribution in [2.45, 2.75) is 64.3 Å². The molecule has 2 amide bonds. The normalized spacial score (nSPS) is 25.5. The summed E-state index contributed by atoms with van der Waals surface area (Å²) in [7, 11) is 0. The molecule has 0 aromatic carbocycles. The van der Waals surface area contributed by atoms with Crippen LogP contribution in [0.1, 0.15) is 76.6 Å². The number of nitrogens with zero attached hydrogens (tertiary/aromatic N) is 2. The van der Waals surface area contributed by atoms with Crippen LogP contribution in [0.3, 0.4) is 0 Å². The maximum absolute atomic E-state index is 12.8. The Kier molecular flexibility index (Phi) is 6.18. The van der Waals surface area contributed by atoms with Gasteiger partial charge in [0.15, 0.2) is 0 Å². The van der Waals surface area contributed by atoms with Crippen LogP contribution in [-0.4, -0.2) is 33.9 Å². The number of hydrogen-bond acceptors (Lipinski definition) is 5. The van der Waals surface area contributed by atoms with Crippen molar-refractivity contribution in [3.63, 3.8) is 0 Å². The number of nitrogens with one attached hydrogen (secondary N) is 2. The van der Waals surface area contributed by atoms with Gasteiger partial charge in [0, 0.05) is 23.2 Å². The summed E-state index contributed by atoms with van der Waals surface area (Å²) < 4.78 is 0. The summed E-state index contributed by atoms with van der Waals surface area (Å²) in [6.07, 6.45) is 7.61. The minimum Gasteiger partial charge on any atom is -0.351 e. The van der Waals surface area contributed by atoms with Crippen molar-refractivity contribution < 1.29 is 9.59 Å². The van der Waals surface area contributed by atoms with Crippen molar-refractivity contribution in [1.29, 1.82) is 0 Å². The quantitative estimate of drug-likeness (QED) is 0.730. The highest BCUT2D eigenvalue weighted by molar-refractivity contribution is 7.09. The maximum atomic E-state index is 12.8. The highest BCUT2D eigenvalue weighted by atomic mass is 32.1. The Hall–Kier alpha value is -2.28. The second-order valence-corrected chi connectivity index (χ2v) is 10.0. The van der Waals surface area contributed by atoms with Gasteiger partial charge in [0.25, 0.3) is 11.8 Å². The zero-order valence-corrected chi connectivity index (χ0v) is 18.6. The van der Waals surface area contributed by atoms with Crippen LogP contribution in [0.25, 0.3) is 0 Å². The average Bonchev–Trinajstić information content (AvgIpc) is 3.14. The zero-order chi connectivity index (χ0) is 21.1. The van der Waals surface area contributed by atoms with Crippen LogP contribution in [-0.2, 0) is 0 Å². The van der Waals surface area contributed by atoms with Crippen LogP contribution in [0.15, 0.2) is 23.6 Å². The molecule has 0 radical (unpaired) electrons. The Morgan fingerprint density at radius 3 is 2.80 bits per heavy atom. The Balaban J connectivity index is 1.34. The molecule has 3 atom stereocenters. The van der Waals surface area contributed by atoms with Crippen molar-refractivity contribution in [1.82, 2.24) is 20.6 Å². The highest BCUT2D eigenvalue weighted by Crippen LogP contribution is 2.46. The van der Waals surface area contributed by atoms with Crippen LogP contribution in [0.2, 0.25) is 0 Å². The molecule has 4 rings (SSSR count). The SMILES string of the molecule is Cc1cccc(C(=O)NCCC2CC3CCCC(NC(=O)c4csc(C)n4)(C3)C2)n1. The fourth-order valence-corrected chi connectivity index (χ4v) is 5.88. The summed E-state index contributed by atoms with van der Waals surface area (Å²) >= 11 is 1.51. The van der Waals surface area contributed by atoms with Crippen molar-refractivity contribution in [3.05, 3.63) is 45.7 Å².